The Labute approximate surface area is 365 Å². The zero-order chi connectivity index (χ0) is 42.3. The predicted octanol–water partition coefficient (Wildman–Crippen LogP) is 10.4. The minimum atomic E-state index is -0.833. The van der Waals surface area contributed by atoms with Gasteiger partial charge in [-0.15, -0.1) is 0 Å². The lowest BCUT2D eigenvalue weighted by molar-refractivity contribution is -0.134. The Morgan fingerprint density at radius 2 is 0.328 bits per heavy atom. The van der Waals surface area contributed by atoms with E-state index in [1.165, 1.54) is 47.7 Å². The van der Waals surface area contributed by atoms with Crippen molar-refractivity contribution in [2.45, 2.75) is 6.92 Å². The number of benzene rings is 9. The van der Waals surface area contributed by atoms with Gasteiger partial charge in [-0.3, -0.25) is 4.79 Å². The predicted molar refractivity (Wildman–Crippen MR) is 269 cm³/mol. The fourth-order valence-electron chi connectivity index (χ4n) is 6.54. The molecule has 61 heavy (non-hydrogen) atoms. The Kier molecular flexibility index (Phi) is 18.0. The average Bonchev–Trinajstić information content (AvgIpc) is 3.33. The molecule has 2 nitrogen and oxygen atoms in total. The summed E-state index contributed by atoms with van der Waals surface area (Å²) in [5.41, 5.74) is 0. The Balaban J connectivity index is 0.000000146. The van der Waals surface area contributed by atoms with Crippen LogP contribution < -0.4 is 47.7 Å². The normalized spacial score (nSPS) is 10.3. The lowest BCUT2D eigenvalue weighted by Crippen LogP contribution is -2.20. The molecule has 0 saturated heterocycles. The van der Waals surface area contributed by atoms with Crippen LogP contribution in [0.3, 0.4) is 0 Å². The summed E-state index contributed by atoms with van der Waals surface area (Å²) < 4.78 is 0. The van der Waals surface area contributed by atoms with E-state index in [1.807, 2.05) is 0 Å². The smallest absolute Gasteiger partial charge is 0.300 e. The van der Waals surface area contributed by atoms with Crippen LogP contribution in [0.15, 0.2) is 273 Å². The Morgan fingerprint density at radius 1 is 0.246 bits per heavy atom. The van der Waals surface area contributed by atoms with Crippen molar-refractivity contribution in [3.05, 3.63) is 273 Å². The first kappa shape index (κ1) is 44.3. The topological polar surface area (TPSA) is 37.3 Å². The molecule has 0 aliphatic carbocycles. The number of carboxylic acid groups (broad SMARTS) is 1. The number of hydrogen-bond acceptors (Lipinski definition) is 1. The summed E-state index contributed by atoms with van der Waals surface area (Å²) in [5, 5.41) is 20.0. The van der Waals surface area contributed by atoms with Gasteiger partial charge in [0.15, 0.2) is 0 Å². The van der Waals surface area contributed by atoms with Crippen molar-refractivity contribution >= 4 is 77.5 Å². The van der Waals surface area contributed by atoms with Crippen LogP contribution in [-0.4, -0.2) is 11.1 Å². The van der Waals surface area contributed by atoms with Crippen LogP contribution in [-0.2, 0) is 4.79 Å². The van der Waals surface area contributed by atoms with E-state index in [0.717, 1.165) is 6.92 Å². The zero-order valence-electron chi connectivity index (χ0n) is 34.2. The van der Waals surface area contributed by atoms with Crippen LogP contribution in [0.25, 0.3) is 0 Å². The third-order valence-electron chi connectivity index (χ3n) is 9.13. The first-order chi connectivity index (χ1) is 30.1. The first-order valence-corrected chi connectivity index (χ1v) is 24.2. The molecule has 9 aromatic carbocycles. The Morgan fingerprint density at radius 3 is 0.410 bits per heavy atom. The second-order valence-corrected chi connectivity index (χ2v) is 20.2. The molecule has 0 saturated carbocycles. The van der Waals surface area contributed by atoms with E-state index in [2.05, 4.69) is 273 Å². The quantitative estimate of drug-likeness (QED) is 0.147. The number of carboxylic acids is 1. The third-order valence-corrected chi connectivity index (χ3v) is 16.5. The summed E-state index contributed by atoms with van der Waals surface area (Å²) in [5.74, 6) is -0.833. The molecule has 0 fully saturated rings. The summed E-state index contributed by atoms with van der Waals surface area (Å²) in [6, 6.07) is 97.0. The van der Waals surface area contributed by atoms with E-state index in [1.54, 1.807) is 0 Å². The maximum atomic E-state index is 9.00. The lowest BCUT2D eigenvalue weighted by Gasteiger charge is -2.18. The highest BCUT2D eigenvalue weighted by Gasteiger charge is 2.17. The summed E-state index contributed by atoms with van der Waals surface area (Å²) >= 11 is 0. The monoisotopic (exact) mass is 846 g/mol. The van der Waals surface area contributed by atoms with Crippen molar-refractivity contribution < 1.29 is 9.90 Å². The molecule has 0 heterocycles. The van der Waals surface area contributed by atoms with Gasteiger partial charge in [0.1, 0.15) is 0 Å². The summed E-state index contributed by atoms with van der Waals surface area (Å²) in [4.78, 5) is 9.00. The molecular weight excluding hydrogens is 798 g/mol. The van der Waals surface area contributed by atoms with Gasteiger partial charge in [0.25, 0.3) is 5.97 Å². The van der Waals surface area contributed by atoms with Crippen LogP contribution in [0.4, 0.5) is 0 Å². The highest BCUT2D eigenvalue weighted by molar-refractivity contribution is 7.80. The molecule has 5 heteroatoms. The molecular formula is C56H49O2P3. The average molecular weight is 847 g/mol. The second-order valence-electron chi connectivity index (χ2n) is 13.5. The highest BCUT2D eigenvalue weighted by atomic mass is 31.1. The number of aliphatic carboxylic acids is 1. The molecule has 0 bridgehead atoms. The second kappa shape index (κ2) is 24.7. The van der Waals surface area contributed by atoms with Gasteiger partial charge in [-0.25, -0.2) is 0 Å². The standard InChI is InChI=1S/3C18H15P.C2H4O2/c3*1-4-10-16(11-5-1)19(17-12-6-2-7-13-17)18-14-8-3-9-15-18;1-2(3)4/h3*1-15H;1H3,(H,3,4). The van der Waals surface area contributed by atoms with Crippen molar-refractivity contribution in [3.63, 3.8) is 0 Å². The maximum Gasteiger partial charge on any atom is 0.300 e. The number of rotatable bonds is 9. The van der Waals surface area contributed by atoms with E-state index in [-0.39, 0.29) is 0 Å². The van der Waals surface area contributed by atoms with Gasteiger partial charge in [-0.05, 0) is 71.5 Å². The lowest BCUT2D eigenvalue weighted by atomic mass is 10.4. The Bertz CT molecular complexity index is 1970. The van der Waals surface area contributed by atoms with Crippen molar-refractivity contribution in [1.82, 2.24) is 0 Å². The maximum absolute atomic E-state index is 9.00. The third kappa shape index (κ3) is 13.9. The fourth-order valence-corrected chi connectivity index (χ4v) is 13.5. The molecule has 300 valence electrons. The Hall–Kier alpha value is -6.26. The van der Waals surface area contributed by atoms with E-state index >= 15 is 0 Å². The van der Waals surface area contributed by atoms with Crippen molar-refractivity contribution in [2.24, 2.45) is 0 Å². The molecule has 9 aromatic rings. The molecule has 1 N–H and O–H groups in total. The van der Waals surface area contributed by atoms with Crippen molar-refractivity contribution in [1.29, 1.82) is 0 Å². The van der Waals surface area contributed by atoms with Gasteiger partial charge < -0.3 is 5.11 Å². The van der Waals surface area contributed by atoms with Gasteiger partial charge in [-0.1, -0.05) is 273 Å². The number of carbonyl (C=O) groups is 1. The van der Waals surface area contributed by atoms with Gasteiger partial charge in [-0.2, -0.15) is 0 Å². The largest absolute Gasteiger partial charge is 0.481 e. The molecule has 0 aliphatic heterocycles. The van der Waals surface area contributed by atoms with Gasteiger partial charge in [0.05, 0.1) is 0 Å². The molecule has 0 amide bonds. The van der Waals surface area contributed by atoms with E-state index in [4.69, 9.17) is 9.90 Å². The van der Waals surface area contributed by atoms with Crippen molar-refractivity contribution in [3.8, 4) is 0 Å². The molecule has 0 aromatic heterocycles. The van der Waals surface area contributed by atoms with Gasteiger partial charge >= 0.3 is 0 Å². The van der Waals surface area contributed by atoms with Gasteiger partial charge in [0, 0.05) is 6.92 Å². The van der Waals surface area contributed by atoms with E-state index in [0.29, 0.717) is 0 Å². The highest BCUT2D eigenvalue weighted by Crippen LogP contribution is 2.34. The van der Waals surface area contributed by atoms with Crippen LogP contribution in [0.5, 0.6) is 0 Å². The minimum absolute atomic E-state index is 0.446. The van der Waals surface area contributed by atoms with Crippen LogP contribution in [0.1, 0.15) is 6.92 Å². The minimum Gasteiger partial charge on any atom is -0.481 e. The van der Waals surface area contributed by atoms with E-state index in [9.17, 15) is 0 Å². The zero-order valence-corrected chi connectivity index (χ0v) is 36.9. The molecule has 0 spiro atoms. The summed E-state index contributed by atoms with van der Waals surface area (Å²) in [7, 11) is -1.34. The molecule has 0 radical (unpaired) electrons. The first-order valence-electron chi connectivity index (χ1n) is 20.1. The molecule has 0 atom stereocenters. The van der Waals surface area contributed by atoms with Crippen molar-refractivity contribution in [2.75, 3.05) is 0 Å². The van der Waals surface area contributed by atoms with Gasteiger partial charge in [0.2, 0.25) is 0 Å². The summed E-state index contributed by atoms with van der Waals surface area (Å²) in [6.07, 6.45) is 0. The van der Waals surface area contributed by atoms with Crippen LogP contribution in [0.2, 0.25) is 0 Å². The molecule has 0 aliphatic rings. The van der Waals surface area contributed by atoms with Crippen LogP contribution in [0, 0.1) is 0 Å². The molecule has 9 rings (SSSR count). The summed E-state index contributed by atoms with van der Waals surface area (Å²) in [6.45, 7) is 1.08. The SMILES string of the molecule is CC(=O)O.c1ccc(P(c2ccccc2)c2ccccc2)cc1.c1ccc(P(c2ccccc2)c2ccccc2)cc1.c1ccc(P(c2ccccc2)c2ccccc2)cc1. The van der Waals surface area contributed by atoms with Crippen LogP contribution >= 0.6 is 23.8 Å². The fraction of sp³-hybridized carbons (Fsp3) is 0.0179. The van der Waals surface area contributed by atoms with E-state index < -0.39 is 29.7 Å². The molecule has 0 unspecified atom stereocenters. The number of hydrogen-bond donors (Lipinski definition) is 1.